The van der Waals surface area contributed by atoms with Gasteiger partial charge in [0.15, 0.2) is 11.5 Å². The number of carbonyl (C=O) groups excluding carboxylic acids is 1. The van der Waals surface area contributed by atoms with Crippen LogP contribution in [0.4, 0.5) is 0 Å². The van der Waals surface area contributed by atoms with E-state index in [1.807, 2.05) is 13.8 Å². The Morgan fingerprint density at radius 2 is 2.00 bits per heavy atom. The normalized spacial score (nSPS) is 10.3. The summed E-state index contributed by atoms with van der Waals surface area (Å²) < 4.78 is 0. The Morgan fingerprint density at radius 3 is 2.53 bits per heavy atom. The molecule has 4 nitrogen and oxygen atoms in total. The fourth-order valence-corrected chi connectivity index (χ4v) is 1.24. The fourth-order valence-electron chi connectivity index (χ4n) is 1.24. The summed E-state index contributed by atoms with van der Waals surface area (Å²) in [6, 6.07) is 4.46. The van der Waals surface area contributed by atoms with E-state index in [2.05, 4.69) is 5.32 Å². The number of hydrogen-bond donors (Lipinski definition) is 3. The monoisotopic (exact) mass is 209 g/mol. The van der Waals surface area contributed by atoms with E-state index in [0.717, 1.165) is 0 Å². The summed E-state index contributed by atoms with van der Waals surface area (Å²) in [6.07, 6.45) is 0.200. The van der Waals surface area contributed by atoms with Gasteiger partial charge in [0.1, 0.15) is 0 Å². The van der Waals surface area contributed by atoms with Gasteiger partial charge in [-0.1, -0.05) is 6.07 Å². The quantitative estimate of drug-likeness (QED) is 0.654. The van der Waals surface area contributed by atoms with E-state index in [0.29, 0.717) is 5.56 Å². The lowest BCUT2D eigenvalue weighted by Crippen LogP contribution is -2.31. The molecule has 0 radical (unpaired) electrons. The van der Waals surface area contributed by atoms with Gasteiger partial charge in [-0.15, -0.1) is 0 Å². The van der Waals surface area contributed by atoms with Crippen LogP contribution in [0.1, 0.15) is 19.4 Å². The lowest BCUT2D eigenvalue weighted by atomic mass is 10.1. The van der Waals surface area contributed by atoms with Crippen molar-refractivity contribution >= 4 is 5.91 Å². The SMILES string of the molecule is CC(C)NC(=O)Cc1ccc(O)c(O)c1. The highest BCUT2D eigenvalue weighted by Crippen LogP contribution is 2.24. The number of aromatic hydroxyl groups is 2. The minimum absolute atomic E-state index is 0.100. The first-order chi connectivity index (χ1) is 6.99. The van der Waals surface area contributed by atoms with Crippen LogP contribution in [-0.2, 0) is 11.2 Å². The van der Waals surface area contributed by atoms with Gasteiger partial charge in [-0.25, -0.2) is 0 Å². The van der Waals surface area contributed by atoms with E-state index in [-0.39, 0.29) is 29.9 Å². The van der Waals surface area contributed by atoms with Crippen LogP contribution in [0.3, 0.4) is 0 Å². The molecule has 1 aromatic rings. The van der Waals surface area contributed by atoms with Crippen LogP contribution in [0, 0.1) is 0 Å². The first kappa shape index (κ1) is 11.4. The predicted molar refractivity (Wildman–Crippen MR) is 56.8 cm³/mol. The average molecular weight is 209 g/mol. The van der Waals surface area contributed by atoms with Crippen LogP contribution < -0.4 is 5.32 Å². The second-order valence-corrected chi connectivity index (χ2v) is 3.72. The van der Waals surface area contributed by atoms with Gasteiger partial charge < -0.3 is 15.5 Å². The third-order valence-corrected chi connectivity index (χ3v) is 1.85. The number of carbonyl (C=O) groups is 1. The Kier molecular flexibility index (Phi) is 3.55. The Morgan fingerprint density at radius 1 is 1.33 bits per heavy atom. The molecule has 0 saturated heterocycles. The Balaban J connectivity index is 2.65. The Labute approximate surface area is 88.6 Å². The van der Waals surface area contributed by atoms with Gasteiger partial charge >= 0.3 is 0 Å². The minimum Gasteiger partial charge on any atom is -0.504 e. The molecule has 1 rings (SSSR count). The molecule has 0 aliphatic heterocycles. The largest absolute Gasteiger partial charge is 0.504 e. The summed E-state index contributed by atoms with van der Waals surface area (Å²) >= 11 is 0. The van der Waals surface area contributed by atoms with Crippen LogP contribution in [0.2, 0.25) is 0 Å². The summed E-state index contributed by atoms with van der Waals surface area (Å²) in [4.78, 5) is 11.4. The van der Waals surface area contributed by atoms with Crippen molar-refractivity contribution < 1.29 is 15.0 Å². The number of phenols is 2. The highest BCUT2D eigenvalue weighted by molar-refractivity contribution is 5.79. The standard InChI is InChI=1S/C11H15NO3/c1-7(2)12-11(15)6-8-3-4-9(13)10(14)5-8/h3-5,7,13-14H,6H2,1-2H3,(H,12,15). The number of nitrogens with one attached hydrogen (secondary N) is 1. The molecule has 15 heavy (non-hydrogen) atoms. The van der Waals surface area contributed by atoms with Gasteiger partial charge in [0.2, 0.25) is 5.91 Å². The average Bonchev–Trinajstić information content (AvgIpc) is 2.10. The first-order valence-electron chi connectivity index (χ1n) is 4.79. The van der Waals surface area contributed by atoms with Crippen molar-refractivity contribution in [3.05, 3.63) is 23.8 Å². The van der Waals surface area contributed by atoms with Gasteiger partial charge in [-0.05, 0) is 31.5 Å². The van der Waals surface area contributed by atoms with Crippen LogP contribution in [0.15, 0.2) is 18.2 Å². The minimum atomic E-state index is -0.204. The van der Waals surface area contributed by atoms with E-state index < -0.39 is 0 Å². The zero-order valence-corrected chi connectivity index (χ0v) is 8.82. The molecule has 0 aliphatic rings. The zero-order chi connectivity index (χ0) is 11.4. The van der Waals surface area contributed by atoms with Crippen LogP contribution >= 0.6 is 0 Å². The summed E-state index contributed by atoms with van der Waals surface area (Å²) in [5, 5.41) is 21.0. The van der Waals surface area contributed by atoms with Gasteiger partial charge in [-0.2, -0.15) is 0 Å². The van der Waals surface area contributed by atoms with Gasteiger partial charge in [0.05, 0.1) is 6.42 Å². The van der Waals surface area contributed by atoms with Crippen molar-refractivity contribution in [2.24, 2.45) is 0 Å². The molecule has 4 heteroatoms. The molecule has 0 aromatic heterocycles. The van der Waals surface area contributed by atoms with Gasteiger partial charge in [0.25, 0.3) is 0 Å². The molecule has 0 saturated carbocycles. The topological polar surface area (TPSA) is 69.6 Å². The van der Waals surface area contributed by atoms with Crippen LogP contribution in [0.25, 0.3) is 0 Å². The third kappa shape index (κ3) is 3.50. The van der Waals surface area contributed by atoms with Crippen LogP contribution in [0.5, 0.6) is 11.5 Å². The van der Waals surface area contributed by atoms with Gasteiger partial charge in [0, 0.05) is 6.04 Å². The van der Waals surface area contributed by atoms with Crippen molar-refractivity contribution in [2.45, 2.75) is 26.3 Å². The molecule has 0 bridgehead atoms. The maximum Gasteiger partial charge on any atom is 0.224 e. The molecular formula is C11H15NO3. The third-order valence-electron chi connectivity index (χ3n) is 1.85. The smallest absolute Gasteiger partial charge is 0.224 e. The number of benzene rings is 1. The fraction of sp³-hybridized carbons (Fsp3) is 0.364. The van der Waals surface area contributed by atoms with Crippen molar-refractivity contribution in [1.82, 2.24) is 5.32 Å². The molecule has 0 unspecified atom stereocenters. The highest BCUT2D eigenvalue weighted by Gasteiger charge is 2.06. The van der Waals surface area contributed by atoms with E-state index in [1.54, 1.807) is 6.07 Å². The lowest BCUT2D eigenvalue weighted by molar-refractivity contribution is -0.120. The number of phenolic OH excluding ortho intramolecular Hbond substituents is 2. The maximum atomic E-state index is 11.4. The summed E-state index contributed by atoms with van der Waals surface area (Å²) in [5.74, 6) is -0.483. The maximum absolute atomic E-state index is 11.4. The lowest BCUT2D eigenvalue weighted by Gasteiger charge is -2.08. The van der Waals surface area contributed by atoms with E-state index in [1.165, 1.54) is 12.1 Å². The zero-order valence-electron chi connectivity index (χ0n) is 8.82. The Bertz CT molecular complexity index is 361. The summed E-state index contributed by atoms with van der Waals surface area (Å²) in [7, 11) is 0. The molecule has 0 atom stereocenters. The second-order valence-electron chi connectivity index (χ2n) is 3.72. The molecule has 82 valence electrons. The number of hydrogen-bond acceptors (Lipinski definition) is 3. The van der Waals surface area contributed by atoms with Crippen molar-refractivity contribution in [1.29, 1.82) is 0 Å². The number of rotatable bonds is 3. The predicted octanol–water partition coefficient (Wildman–Crippen LogP) is 1.16. The van der Waals surface area contributed by atoms with E-state index >= 15 is 0 Å². The molecule has 0 spiro atoms. The molecule has 1 aromatic carbocycles. The van der Waals surface area contributed by atoms with Gasteiger partial charge in [-0.3, -0.25) is 4.79 Å². The molecule has 1 amide bonds. The second kappa shape index (κ2) is 4.68. The summed E-state index contributed by atoms with van der Waals surface area (Å²) in [6.45, 7) is 3.76. The first-order valence-corrected chi connectivity index (χ1v) is 4.79. The number of amides is 1. The molecule has 3 N–H and O–H groups in total. The van der Waals surface area contributed by atoms with Crippen molar-refractivity contribution in [3.63, 3.8) is 0 Å². The summed E-state index contributed by atoms with van der Waals surface area (Å²) in [5.41, 5.74) is 0.670. The molecule has 0 heterocycles. The molecular weight excluding hydrogens is 194 g/mol. The molecule has 0 fully saturated rings. The van der Waals surface area contributed by atoms with E-state index in [4.69, 9.17) is 5.11 Å². The highest BCUT2D eigenvalue weighted by atomic mass is 16.3. The van der Waals surface area contributed by atoms with E-state index in [9.17, 15) is 9.90 Å². The molecule has 0 aliphatic carbocycles. The van der Waals surface area contributed by atoms with Crippen LogP contribution in [-0.4, -0.2) is 22.2 Å². The van der Waals surface area contributed by atoms with Crippen molar-refractivity contribution in [2.75, 3.05) is 0 Å². The Hall–Kier alpha value is -1.71. The van der Waals surface area contributed by atoms with Crippen molar-refractivity contribution in [3.8, 4) is 11.5 Å².